The summed E-state index contributed by atoms with van der Waals surface area (Å²) in [6, 6.07) is 13.4. The van der Waals surface area contributed by atoms with Crippen molar-refractivity contribution in [2.75, 3.05) is 13.2 Å². The maximum atomic E-state index is 12.7. The number of hydrogen-bond acceptors (Lipinski definition) is 5. The lowest BCUT2D eigenvalue weighted by Gasteiger charge is -2.10. The quantitative estimate of drug-likeness (QED) is 0.423. The van der Waals surface area contributed by atoms with Crippen molar-refractivity contribution in [2.45, 2.75) is 34.1 Å². The molecule has 162 valence electrons. The van der Waals surface area contributed by atoms with Gasteiger partial charge in [0.15, 0.2) is 6.61 Å². The van der Waals surface area contributed by atoms with Gasteiger partial charge in [0.05, 0.1) is 10.4 Å². The second-order valence-electron chi connectivity index (χ2n) is 7.46. The molecule has 0 bridgehead atoms. The number of Topliss-reactive ketones (excluding diaryl/α,β-unsaturated/α-hetero) is 1. The third kappa shape index (κ3) is 5.49. The van der Waals surface area contributed by atoms with Crippen LogP contribution >= 0.6 is 11.3 Å². The number of esters is 1. The molecule has 0 aliphatic carbocycles. The lowest BCUT2D eigenvalue weighted by molar-refractivity contribution is -0.118. The second-order valence-corrected chi connectivity index (χ2v) is 8.63. The SMILES string of the molecule is CC(=O)NCCc1ccc(C(=O)COC(=O)c2cc(C)n(-c3cccc(C)c3)c2C)s1. The predicted molar refractivity (Wildman–Crippen MR) is 121 cm³/mol. The molecule has 0 aliphatic rings. The molecule has 2 heterocycles. The molecule has 0 aliphatic heterocycles. The summed E-state index contributed by atoms with van der Waals surface area (Å²) < 4.78 is 7.33. The molecular weight excluding hydrogens is 412 g/mol. The van der Waals surface area contributed by atoms with Crippen LogP contribution in [0.25, 0.3) is 5.69 Å². The van der Waals surface area contributed by atoms with Gasteiger partial charge in [-0.25, -0.2) is 4.79 Å². The van der Waals surface area contributed by atoms with Gasteiger partial charge in [0, 0.05) is 35.4 Å². The van der Waals surface area contributed by atoms with E-state index in [9.17, 15) is 14.4 Å². The fraction of sp³-hybridized carbons (Fsp3) is 0.292. The van der Waals surface area contributed by atoms with Crippen LogP contribution in [-0.4, -0.2) is 35.4 Å². The highest BCUT2D eigenvalue weighted by atomic mass is 32.1. The van der Waals surface area contributed by atoms with Crippen LogP contribution < -0.4 is 5.32 Å². The highest BCUT2D eigenvalue weighted by Crippen LogP contribution is 2.23. The lowest BCUT2D eigenvalue weighted by atomic mass is 10.2. The second kappa shape index (κ2) is 9.75. The van der Waals surface area contributed by atoms with Gasteiger partial charge in [-0.2, -0.15) is 0 Å². The van der Waals surface area contributed by atoms with Gasteiger partial charge in [0.1, 0.15) is 0 Å². The number of thiophene rings is 1. The van der Waals surface area contributed by atoms with Crippen molar-refractivity contribution in [2.24, 2.45) is 0 Å². The molecule has 7 heteroatoms. The fourth-order valence-corrected chi connectivity index (χ4v) is 4.37. The van der Waals surface area contributed by atoms with Gasteiger partial charge >= 0.3 is 5.97 Å². The van der Waals surface area contributed by atoms with Gasteiger partial charge in [0.25, 0.3) is 0 Å². The number of amides is 1. The van der Waals surface area contributed by atoms with E-state index in [1.165, 1.54) is 18.3 Å². The van der Waals surface area contributed by atoms with E-state index in [-0.39, 0.29) is 18.3 Å². The number of aryl methyl sites for hydroxylation is 2. The number of carbonyl (C=O) groups excluding carboxylic acids is 3. The molecule has 0 fully saturated rings. The van der Waals surface area contributed by atoms with Crippen LogP contribution in [0.1, 0.15) is 48.8 Å². The summed E-state index contributed by atoms with van der Waals surface area (Å²) in [5.41, 5.74) is 4.26. The Hall–Kier alpha value is -3.19. The maximum Gasteiger partial charge on any atom is 0.340 e. The molecule has 1 amide bonds. The van der Waals surface area contributed by atoms with E-state index in [1.54, 1.807) is 12.1 Å². The molecule has 0 unspecified atom stereocenters. The van der Waals surface area contributed by atoms with Crippen LogP contribution in [-0.2, 0) is 16.0 Å². The van der Waals surface area contributed by atoms with Gasteiger partial charge in [-0.3, -0.25) is 9.59 Å². The average molecular weight is 439 g/mol. The summed E-state index contributed by atoms with van der Waals surface area (Å²) in [6.07, 6.45) is 0.655. The van der Waals surface area contributed by atoms with Gasteiger partial charge in [-0.15, -0.1) is 11.3 Å². The van der Waals surface area contributed by atoms with Crippen LogP contribution in [0.15, 0.2) is 42.5 Å². The average Bonchev–Trinajstić information content (AvgIpc) is 3.30. The van der Waals surface area contributed by atoms with Crippen molar-refractivity contribution in [3.63, 3.8) is 0 Å². The molecule has 0 radical (unpaired) electrons. The molecule has 0 saturated heterocycles. The summed E-state index contributed by atoms with van der Waals surface area (Å²) in [5.74, 6) is -0.832. The van der Waals surface area contributed by atoms with Gasteiger partial charge in [-0.1, -0.05) is 12.1 Å². The van der Waals surface area contributed by atoms with Crippen LogP contribution in [0.3, 0.4) is 0 Å². The van der Waals surface area contributed by atoms with Crippen LogP contribution in [0.2, 0.25) is 0 Å². The largest absolute Gasteiger partial charge is 0.454 e. The molecule has 2 aromatic heterocycles. The number of aromatic nitrogens is 1. The Morgan fingerprint density at radius 3 is 2.55 bits per heavy atom. The molecular formula is C24H26N2O4S. The number of ether oxygens (including phenoxy) is 1. The predicted octanol–water partition coefficient (Wildman–Crippen LogP) is 4.18. The van der Waals surface area contributed by atoms with Crippen LogP contribution in [0.4, 0.5) is 0 Å². The molecule has 3 rings (SSSR count). The molecule has 1 N–H and O–H groups in total. The maximum absolute atomic E-state index is 12.7. The van der Waals surface area contributed by atoms with Gasteiger partial charge < -0.3 is 14.6 Å². The Bertz CT molecular complexity index is 1130. The monoisotopic (exact) mass is 438 g/mol. The molecule has 0 spiro atoms. The topological polar surface area (TPSA) is 77.4 Å². The summed E-state index contributed by atoms with van der Waals surface area (Å²) in [4.78, 5) is 37.6. The highest BCUT2D eigenvalue weighted by Gasteiger charge is 2.20. The van der Waals surface area contributed by atoms with E-state index >= 15 is 0 Å². The van der Waals surface area contributed by atoms with Crippen molar-refractivity contribution in [3.05, 3.63) is 74.7 Å². The van der Waals surface area contributed by atoms with Gasteiger partial charge in [-0.05, 0) is 63.1 Å². The Balaban J connectivity index is 1.64. The molecule has 0 saturated carbocycles. The highest BCUT2D eigenvalue weighted by molar-refractivity contribution is 7.14. The Morgan fingerprint density at radius 1 is 1.06 bits per heavy atom. The van der Waals surface area contributed by atoms with Crippen molar-refractivity contribution >= 4 is 29.0 Å². The van der Waals surface area contributed by atoms with E-state index in [0.29, 0.717) is 23.4 Å². The van der Waals surface area contributed by atoms with Crippen molar-refractivity contribution < 1.29 is 19.1 Å². The summed E-state index contributed by atoms with van der Waals surface area (Å²) in [6.45, 7) is 7.51. The number of rotatable bonds is 8. The Kier molecular flexibility index (Phi) is 7.07. The number of carbonyl (C=O) groups is 3. The summed E-state index contributed by atoms with van der Waals surface area (Å²) in [7, 11) is 0. The van der Waals surface area contributed by atoms with E-state index in [1.807, 2.05) is 49.6 Å². The van der Waals surface area contributed by atoms with Crippen molar-refractivity contribution in [1.82, 2.24) is 9.88 Å². The molecule has 31 heavy (non-hydrogen) atoms. The minimum Gasteiger partial charge on any atom is -0.454 e. The molecule has 6 nitrogen and oxygen atoms in total. The van der Waals surface area contributed by atoms with Gasteiger partial charge in [0.2, 0.25) is 11.7 Å². The molecule has 1 aromatic carbocycles. The van der Waals surface area contributed by atoms with E-state index in [4.69, 9.17) is 4.74 Å². The number of nitrogens with one attached hydrogen (secondary N) is 1. The molecule has 3 aromatic rings. The standard InChI is InChI=1S/C24H26N2O4S/c1-15-6-5-7-19(12-15)26-16(2)13-21(17(26)3)24(29)30-14-22(28)23-9-8-20(31-23)10-11-25-18(4)27/h5-9,12-13H,10-11,14H2,1-4H3,(H,25,27). The molecule has 0 atom stereocenters. The number of benzene rings is 1. The van der Waals surface area contributed by atoms with Crippen LogP contribution in [0.5, 0.6) is 0 Å². The zero-order valence-electron chi connectivity index (χ0n) is 18.2. The number of nitrogens with zero attached hydrogens (tertiary/aromatic N) is 1. The van der Waals surface area contributed by atoms with Crippen molar-refractivity contribution in [1.29, 1.82) is 0 Å². The first kappa shape index (κ1) is 22.5. The first-order valence-corrected chi connectivity index (χ1v) is 10.9. The van der Waals surface area contributed by atoms with E-state index in [2.05, 4.69) is 11.4 Å². The third-order valence-electron chi connectivity index (χ3n) is 4.93. The van der Waals surface area contributed by atoms with Crippen LogP contribution in [0, 0.1) is 20.8 Å². The number of hydrogen-bond donors (Lipinski definition) is 1. The Labute approximate surface area is 185 Å². The summed E-state index contributed by atoms with van der Waals surface area (Å²) in [5, 5.41) is 2.73. The smallest absolute Gasteiger partial charge is 0.340 e. The zero-order chi connectivity index (χ0) is 22.5. The third-order valence-corrected chi connectivity index (χ3v) is 6.11. The van der Waals surface area contributed by atoms with E-state index < -0.39 is 5.97 Å². The lowest BCUT2D eigenvalue weighted by Crippen LogP contribution is -2.22. The normalized spacial score (nSPS) is 10.7. The van der Waals surface area contributed by atoms with E-state index in [0.717, 1.165) is 27.5 Å². The van der Waals surface area contributed by atoms with Crippen molar-refractivity contribution in [3.8, 4) is 5.69 Å². The summed E-state index contributed by atoms with van der Waals surface area (Å²) >= 11 is 1.35. The minimum atomic E-state index is -0.511. The number of ketones is 1. The first-order chi connectivity index (χ1) is 14.8. The first-order valence-electron chi connectivity index (χ1n) is 10.1. The minimum absolute atomic E-state index is 0.0819. The fourth-order valence-electron chi connectivity index (χ4n) is 3.44. The zero-order valence-corrected chi connectivity index (χ0v) is 19.0. The Morgan fingerprint density at radius 2 is 1.84 bits per heavy atom.